The van der Waals surface area contributed by atoms with Crippen LogP contribution < -0.4 is 16.0 Å². The Balaban J connectivity index is 2.19. The summed E-state index contributed by atoms with van der Waals surface area (Å²) in [6.07, 6.45) is 3.77. The molecule has 0 aromatic carbocycles. The van der Waals surface area contributed by atoms with Crippen molar-refractivity contribution in [3.63, 3.8) is 0 Å². The number of aromatic nitrogens is 2. The summed E-state index contributed by atoms with van der Waals surface area (Å²) in [5.74, 6) is 0.877. The van der Waals surface area contributed by atoms with Crippen molar-refractivity contribution in [1.82, 2.24) is 15.3 Å². The summed E-state index contributed by atoms with van der Waals surface area (Å²) in [5.41, 5.74) is 6.39. The van der Waals surface area contributed by atoms with Crippen LogP contribution >= 0.6 is 0 Å². The topological polar surface area (TPSA) is 84.1 Å². The van der Waals surface area contributed by atoms with E-state index in [4.69, 9.17) is 5.73 Å². The zero-order valence-electron chi connectivity index (χ0n) is 9.02. The van der Waals surface area contributed by atoms with Gasteiger partial charge in [0.2, 0.25) is 5.91 Å². The molecule has 1 fully saturated rings. The van der Waals surface area contributed by atoms with Crippen molar-refractivity contribution in [3.8, 4) is 0 Å². The van der Waals surface area contributed by atoms with Gasteiger partial charge in [0.05, 0.1) is 5.69 Å². The number of carbonyl (C=O) groups excluding carboxylic acids is 1. The van der Waals surface area contributed by atoms with Gasteiger partial charge in [-0.05, 0) is 0 Å². The minimum absolute atomic E-state index is 0.0840. The van der Waals surface area contributed by atoms with Crippen molar-refractivity contribution in [2.75, 3.05) is 24.5 Å². The highest BCUT2D eigenvalue weighted by Crippen LogP contribution is 2.15. The van der Waals surface area contributed by atoms with E-state index in [0.717, 1.165) is 18.1 Å². The predicted octanol–water partition coefficient (Wildman–Crippen LogP) is -0.738. The molecule has 0 saturated carbocycles. The first kappa shape index (κ1) is 10.8. The number of nitrogens with two attached hydrogens (primary N) is 1. The van der Waals surface area contributed by atoms with Gasteiger partial charge in [-0.1, -0.05) is 0 Å². The van der Waals surface area contributed by atoms with Gasteiger partial charge in [-0.3, -0.25) is 9.78 Å². The average Bonchev–Trinajstić information content (AvgIpc) is 2.54. The monoisotopic (exact) mass is 221 g/mol. The molecule has 2 rings (SSSR count). The molecule has 2 heterocycles. The van der Waals surface area contributed by atoms with E-state index in [-0.39, 0.29) is 5.91 Å². The molecule has 0 spiro atoms. The second kappa shape index (κ2) is 4.89. The number of rotatable bonds is 2. The molecular formula is C10H15N5O. The molecule has 1 saturated heterocycles. The number of hydrogen-bond donors (Lipinski definition) is 2. The van der Waals surface area contributed by atoms with Gasteiger partial charge in [-0.15, -0.1) is 0 Å². The molecule has 6 heteroatoms. The molecule has 6 nitrogen and oxygen atoms in total. The van der Waals surface area contributed by atoms with Gasteiger partial charge in [-0.25, -0.2) is 4.98 Å². The lowest BCUT2D eigenvalue weighted by molar-refractivity contribution is -0.120. The molecule has 16 heavy (non-hydrogen) atoms. The molecule has 0 unspecified atom stereocenters. The van der Waals surface area contributed by atoms with Crippen LogP contribution in [0.5, 0.6) is 0 Å². The van der Waals surface area contributed by atoms with E-state index in [1.54, 1.807) is 12.4 Å². The van der Waals surface area contributed by atoms with Crippen LogP contribution in [0, 0.1) is 0 Å². The van der Waals surface area contributed by atoms with E-state index in [1.165, 1.54) is 0 Å². The van der Waals surface area contributed by atoms with Crippen molar-refractivity contribution in [1.29, 1.82) is 0 Å². The summed E-state index contributed by atoms with van der Waals surface area (Å²) in [7, 11) is 0. The molecule has 1 aliphatic rings. The summed E-state index contributed by atoms with van der Waals surface area (Å²) in [6.45, 7) is 2.41. The number of carbonyl (C=O) groups is 1. The van der Waals surface area contributed by atoms with Crippen LogP contribution in [0.1, 0.15) is 12.1 Å². The highest BCUT2D eigenvalue weighted by Gasteiger charge is 2.17. The summed E-state index contributed by atoms with van der Waals surface area (Å²) in [4.78, 5) is 21.7. The van der Waals surface area contributed by atoms with Crippen molar-refractivity contribution < 1.29 is 4.79 Å². The maximum atomic E-state index is 11.2. The van der Waals surface area contributed by atoms with E-state index in [1.807, 2.05) is 4.90 Å². The average molecular weight is 221 g/mol. The number of anilines is 1. The van der Waals surface area contributed by atoms with Crippen LogP contribution in [0.25, 0.3) is 0 Å². The van der Waals surface area contributed by atoms with E-state index in [2.05, 4.69) is 15.3 Å². The first-order chi connectivity index (χ1) is 7.81. The van der Waals surface area contributed by atoms with Crippen molar-refractivity contribution in [3.05, 3.63) is 18.1 Å². The number of nitrogens with one attached hydrogen (secondary N) is 1. The zero-order chi connectivity index (χ0) is 11.4. The quantitative estimate of drug-likeness (QED) is 0.687. The Hall–Kier alpha value is -1.69. The van der Waals surface area contributed by atoms with Crippen molar-refractivity contribution in [2.24, 2.45) is 5.73 Å². The van der Waals surface area contributed by atoms with Gasteiger partial charge in [0.1, 0.15) is 0 Å². The van der Waals surface area contributed by atoms with Gasteiger partial charge >= 0.3 is 0 Å². The number of amides is 1. The van der Waals surface area contributed by atoms with Crippen molar-refractivity contribution >= 4 is 11.7 Å². The Kier molecular flexibility index (Phi) is 3.31. The van der Waals surface area contributed by atoms with Crippen LogP contribution in [0.3, 0.4) is 0 Å². The minimum atomic E-state index is 0.0840. The molecule has 3 N–H and O–H groups in total. The van der Waals surface area contributed by atoms with E-state index < -0.39 is 0 Å². The normalized spacial score (nSPS) is 16.8. The second-order valence-electron chi connectivity index (χ2n) is 3.62. The predicted molar refractivity (Wildman–Crippen MR) is 59.8 cm³/mol. The van der Waals surface area contributed by atoms with Crippen LogP contribution in [-0.4, -0.2) is 35.5 Å². The van der Waals surface area contributed by atoms with Gasteiger partial charge in [0.15, 0.2) is 5.82 Å². The molecule has 0 bridgehead atoms. The highest BCUT2D eigenvalue weighted by molar-refractivity contribution is 5.77. The van der Waals surface area contributed by atoms with Crippen molar-refractivity contribution in [2.45, 2.75) is 13.0 Å². The second-order valence-corrected chi connectivity index (χ2v) is 3.62. The Labute approximate surface area is 93.9 Å². The largest absolute Gasteiger partial charge is 0.354 e. The van der Waals surface area contributed by atoms with E-state index in [0.29, 0.717) is 26.1 Å². The molecule has 1 amide bonds. The standard InChI is InChI=1S/C10H15N5O/c11-7-8-10(14-3-2-12-8)15-5-1-9(16)13-4-6-15/h2-3H,1,4-7,11H2,(H,13,16). The third-order valence-electron chi connectivity index (χ3n) is 2.56. The number of hydrogen-bond acceptors (Lipinski definition) is 5. The first-order valence-electron chi connectivity index (χ1n) is 5.33. The summed E-state index contributed by atoms with van der Waals surface area (Å²) < 4.78 is 0. The Morgan fingerprint density at radius 3 is 3.00 bits per heavy atom. The van der Waals surface area contributed by atoms with Gasteiger partial charge in [0, 0.05) is 45.0 Å². The Bertz CT molecular complexity index is 381. The third-order valence-corrected chi connectivity index (χ3v) is 2.56. The molecule has 0 aliphatic carbocycles. The maximum absolute atomic E-state index is 11.2. The highest BCUT2D eigenvalue weighted by atomic mass is 16.1. The van der Waals surface area contributed by atoms with E-state index >= 15 is 0 Å². The lowest BCUT2D eigenvalue weighted by Crippen LogP contribution is -2.30. The fourth-order valence-electron chi connectivity index (χ4n) is 1.75. The molecule has 1 aromatic heterocycles. The maximum Gasteiger partial charge on any atom is 0.221 e. The zero-order valence-corrected chi connectivity index (χ0v) is 9.02. The minimum Gasteiger partial charge on any atom is -0.354 e. The summed E-state index contributed by atoms with van der Waals surface area (Å²) in [5, 5.41) is 2.82. The lowest BCUT2D eigenvalue weighted by Gasteiger charge is -2.22. The molecule has 1 aromatic rings. The molecule has 86 valence electrons. The van der Waals surface area contributed by atoms with E-state index in [9.17, 15) is 4.79 Å². The van der Waals surface area contributed by atoms with Gasteiger partial charge in [-0.2, -0.15) is 0 Å². The molecular weight excluding hydrogens is 206 g/mol. The lowest BCUT2D eigenvalue weighted by atomic mass is 10.3. The molecule has 0 radical (unpaired) electrons. The van der Waals surface area contributed by atoms with Crippen LogP contribution in [0.2, 0.25) is 0 Å². The van der Waals surface area contributed by atoms with Gasteiger partial charge in [0.25, 0.3) is 0 Å². The van der Waals surface area contributed by atoms with Crippen LogP contribution in [0.15, 0.2) is 12.4 Å². The summed E-state index contributed by atoms with van der Waals surface area (Å²) in [6, 6.07) is 0. The summed E-state index contributed by atoms with van der Waals surface area (Å²) >= 11 is 0. The Morgan fingerprint density at radius 2 is 2.19 bits per heavy atom. The number of nitrogens with zero attached hydrogens (tertiary/aromatic N) is 3. The smallest absolute Gasteiger partial charge is 0.221 e. The van der Waals surface area contributed by atoms with Crippen LogP contribution in [0.4, 0.5) is 5.82 Å². The molecule has 1 aliphatic heterocycles. The van der Waals surface area contributed by atoms with Gasteiger partial charge < -0.3 is 16.0 Å². The SMILES string of the molecule is NCc1nccnc1N1CCNC(=O)CC1. The third kappa shape index (κ3) is 2.27. The van der Waals surface area contributed by atoms with Crippen LogP contribution in [-0.2, 0) is 11.3 Å². The first-order valence-corrected chi connectivity index (χ1v) is 5.33. The fourth-order valence-corrected chi connectivity index (χ4v) is 1.75. The molecule has 0 atom stereocenters. The Morgan fingerprint density at radius 1 is 1.38 bits per heavy atom. The fraction of sp³-hybridized carbons (Fsp3) is 0.500.